The summed E-state index contributed by atoms with van der Waals surface area (Å²) in [6, 6.07) is 5.83. The molecule has 0 aliphatic carbocycles. The molecule has 5 heteroatoms. The maximum Gasteiger partial charge on any atom is 0.194 e. The Bertz CT molecular complexity index is 829. The topological polar surface area (TPSA) is 90.9 Å². The average Bonchev–Trinajstić information content (AvgIpc) is 2.81. The van der Waals surface area contributed by atoms with E-state index in [1.165, 1.54) is 25.1 Å². The standard InChI is InChI=1S/C14H10O5/c1-6(15)10-5-8-12(17)11-7(3-2-4-9(11)16)13(18)14(8)19-10/h2-5,16-18H,1H3. The number of Topliss-reactive ketones (excluding diaryl/α,β-unsaturated/α-hetero) is 1. The fourth-order valence-electron chi connectivity index (χ4n) is 2.16. The Labute approximate surface area is 107 Å². The van der Waals surface area contributed by atoms with Crippen molar-refractivity contribution in [3.8, 4) is 17.2 Å². The number of ketones is 1. The molecule has 1 heterocycles. The second-order valence-corrected chi connectivity index (χ2v) is 4.31. The number of phenolic OH excluding ortho intramolecular Hbond substituents is 3. The molecule has 5 nitrogen and oxygen atoms in total. The van der Waals surface area contributed by atoms with Crippen molar-refractivity contribution < 1.29 is 24.5 Å². The van der Waals surface area contributed by atoms with Gasteiger partial charge in [0.15, 0.2) is 22.9 Å². The number of rotatable bonds is 1. The summed E-state index contributed by atoms with van der Waals surface area (Å²) < 4.78 is 5.25. The van der Waals surface area contributed by atoms with Crippen molar-refractivity contribution in [3.63, 3.8) is 0 Å². The van der Waals surface area contributed by atoms with E-state index in [1.807, 2.05) is 0 Å². The molecule has 96 valence electrons. The Morgan fingerprint density at radius 2 is 1.84 bits per heavy atom. The zero-order valence-electron chi connectivity index (χ0n) is 9.97. The molecule has 0 radical (unpaired) electrons. The molecule has 19 heavy (non-hydrogen) atoms. The summed E-state index contributed by atoms with van der Waals surface area (Å²) in [5, 5.41) is 30.7. The van der Waals surface area contributed by atoms with Gasteiger partial charge >= 0.3 is 0 Å². The van der Waals surface area contributed by atoms with Gasteiger partial charge in [0.1, 0.15) is 11.5 Å². The van der Waals surface area contributed by atoms with E-state index >= 15 is 0 Å². The van der Waals surface area contributed by atoms with Gasteiger partial charge in [0.25, 0.3) is 0 Å². The predicted octanol–water partition coefficient (Wildman–Crippen LogP) is 2.91. The molecule has 0 atom stereocenters. The van der Waals surface area contributed by atoms with E-state index < -0.39 is 0 Å². The third-order valence-corrected chi connectivity index (χ3v) is 3.08. The first-order chi connectivity index (χ1) is 9.00. The Morgan fingerprint density at radius 3 is 2.53 bits per heavy atom. The van der Waals surface area contributed by atoms with E-state index in [0.717, 1.165) is 0 Å². The molecule has 0 aliphatic heterocycles. The summed E-state index contributed by atoms with van der Waals surface area (Å²) in [7, 11) is 0. The van der Waals surface area contributed by atoms with Crippen molar-refractivity contribution in [2.75, 3.05) is 0 Å². The van der Waals surface area contributed by atoms with Crippen LogP contribution in [0.1, 0.15) is 17.5 Å². The zero-order chi connectivity index (χ0) is 13.7. The second-order valence-electron chi connectivity index (χ2n) is 4.31. The number of aromatic hydroxyl groups is 3. The lowest BCUT2D eigenvalue weighted by Crippen LogP contribution is -1.85. The lowest BCUT2D eigenvalue weighted by Gasteiger charge is -2.06. The minimum atomic E-state index is -0.316. The lowest BCUT2D eigenvalue weighted by atomic mass is 10.0. The van der Waals surface area contributed by atoms with Crippen molar-refractivity contribution in [2.45, 2.75) is 6.92 Å². The van der Waals surface area contributed by atoms with Crippen molar-refractivity contribution in [3.05, 3.63) is 30.0 Å². The summed E-state index contributed by atoms with van der Waals surface area (Å²) in [5.41, 5.74) is 0.0285. The Kier molecular flexibility index (Phi) is 2.19. The van der Waals surface area contributed by atoms with Gasteiger partial charge in [0, 0.05) is 12.3 Å². The highest BCUT2D eigenvalue weighted by Crippen LogP contribution is 2.45. The monoisotopic (exact) mass is 258 g/mol. The summed E-state index contributed by atoms with van der Waals surface area (Å²) >= 11 is 0. The van der Waals surface area contributed by atoms with Gasteiger partial charge in [-0.3, -0.25) is 4.79 Å². The third-order valence-electron chi connectivity index (χ3n) is 3.08. The zero-order valence-corrected chi connectivity index (χ0v) is 9.97. The molecule has 0 fully saturated rings. The largest absolute Gasteiger partial charge is 0.507 e. The number of benzene rings is 2. The highest BCUT2D eigenvalue weighted by molar-refractivity contribution is 6.12. The summed E-state index contributed by atoms with van der Waals surface area (Å²) in [5.74, 6) is -0.875. The maximum absolute atomic E-state index is 11.3. The molecule has 0 saturated heterocycles. The van der Waals surface area contributed by atoms with E-state index in [4.69, 9.17) is 4.42 Å². The molecule has 1 aromatic heterocycles. The van der Waals surface area contributed by atoms with E-state index in [2.05, 4.69) is 0 Å². The van der Waals surface area contributed by atoms with Gasteiger partial charge in [-0.1, -0.05) is 12.1 Å². The van der Waals surface area contributed by atoms with Gasteiger partial charge < -0.3 is 19.7 Å². The number of carbonyl (C=O) groups is 1. The lowest BCUT2D eigenvalue weighted by molar-refractivity contribution is 0.0989. The van der Waals surface area contributed by atoms with Gasteiger partial charge in [-0.2, -0.15) is 0 Å². The molecule has 2 aromatic carbocycles. The minimum absolute atomic E-state index is 0.0285. The Balaban J connectivity index is 2.57. The third kappa shape index (κ3) is 1.45. The van der Waals surface area contributed by atoms with Crippen LogP contribution in [0.3, 0.4) is 0 Å². The van der Waals surface area contributed by atoms with Crippen LogP contribution in [0.4, 0.5) is 0 Å². The van der Waals surface area contributed by atoms with E-state index in [-0.39, 0.29) is 50.5 Å². The highest BCUT2D eigenvalue weighted by Gasteiger charge is 2.20. The van der Waals surface area contributed by atoms with E-state index in [1.54, 1.807) is 6.07 Å². The maximum atomic E-state index is 11.3. The Hall–Kier alpha value is -2.69. The predicted molar refractivity (Wildman–Crippen MR) is 68.7 cm³/mol. The molecule has 0 amide bonds. The fourth-order valence-corrected chi connectivity index (χ4v) is 2.16. The molecule has 0 unspecified atom stereocenters. The molecular formula is C14H10O5. The molecule has 0 spiro atoms. The summed E-state index contributed by atoms with van der Waals surface area (Å²) in [4.78, 5) is 11.3. The van der Waals surface area contributed by atoms with Crippen LogP contribution in [0.5, 0.6) is 17.2 Å². The minimum Gasteiger partial charge on any atom is -0.507 e. The Morgan fingerprint density at radius 1 is 1.11 bits per heavy atom. The average molecular weight is 258 g/mol. The van der Waals surface area contributed by atoms with Crippen LogP contribution in [-0.4, -0.2) is 21.1 Å². The number of furan rings is 1. The summed E-state index contributed by atoms with van der Waals surface area (Å²) in [6.07, 6.45) is 0. The first-order valence-electron chi connectivity index (χ1n) is 5.60. The number of hydrogen-bond acceptors (Lipinski definition) is 5. The molecule has 0 bridgehead atoms. The van der Waals surface area contributed by atoms with Gasteiger partial charge in [-0.25, -0.2) is 0 Å². The van der Waals surface area contributed by atoms with Crippen molar-refractivity contribution in [1.82, 2.24) is 0 Å². The van der Waals surface area contributed by atoms with Crippen LogP contribution >= 0.6 is 0 Å². The number of phenols is 3. The second kappa shape index (κ2) is 3.65. The van der Waals surface area contributed by atoms with E-state index in [9.17, 15) is 20.1 Å². The molecule has 3 rings (SSSR count). The molecular weight excluding hydrogens is 248 g/mol. The smallest absolute Gasteiger partial charge is 0.194 e. The van der Waals surface area contributed by atoms with Crippen LogP contribution in [0.25, 0.3) is 21.7 Å². The van der Waals surface area contributed by atoms with Crippen LogP contribution in [0, 0.1) is 0 Å². The van der Waals surface area contributed by atoms with Crippen LogP contribution < -0.4 is 0 Å². The fraction of sp³-hybridized carbons (Fsp3) is 0.0714. The summed E-state index contributed by atoms with van der Waals surface area (Å²) in [6.45, 7) is 1.32. The SMILES string of the molecule is CC(=O)c1cc2c(O)c3c(O)cccc3c(O)c2o1. The van der Waals surface area contributed by atoms with Crippen LogP contribution in [-0.2, 0) is 0 Å². The van der Waals surface area contributed by atoms with Crippen molar-refractivity contribution in [2.24, 2.45) is 0 Å². The molecule has 0 saturated carbocycles. The normalized spacial score (nSPS) is 11.2. The number of fused-ring (bicyclic) bond motifs is 2. The number of hydrogen-bond donors (Lipinski definition) is 3. The van der Waals surface area contributed by atoms with Crippen molar-refractivity contribution >= 4 is 27.5 Å². The molecule has 0 aliphatic rings. The van der Waals surface area contributed by atoms with Crippen LogP contribution in [0.2, 0.25) is 0 Å². The highest BCUT2D eigenvalue weighted by atomic mass is 16.4. The first-order valence-corrected chi connectivity index (χ1v) is 5.60. The van der Waals surface area contributed by atoms with Gasteiger partial charge in [-0.15, -0.1) is 0 Å². The van der Waals surface area contributed by atoms with Gasteiger partial charge in [0.05, 0.1) is 10.8 Å². The molecule has 3 aromatic rings. The van der Waals surface area contributed by atoms with Gasteiger partial charge in [0.2, 0.25) is 0 Å². The van der Waals surface area contributed by atoms with Crippen LogP contribution in [0.15, 0.2) is 28.7 Å². The van der Waals surface area contributed by atoms with Crippen molar-refractivity contribution in [1.29, 1.82) is 0 Å². The quantitative estimate of drug-likeness (QED) is 0.461. The molecule has 3 N–H and O–H groups in total. The first kappa shape index (κ1) is 11.4. The van der Waals surface area contributed by atoms with Gasteiger partial charge in [-0.05, 0) is 12.1 Å². The number of carbonyl (C=O) groups excluding carboxylic acids is 1. The van der Waals surface area contributed by atoms with E-state index in [0.29, 0.717) is 0 Å².